The highest BCUT2D eigenvalue weighted by atomic mass is 35.5. The summed E-state index contributed by atoms with van der Waals surface area (Å²) in [6.45, 7) is 2.93. The lowest BCUT2D eigenvalue weighted by atomic mass is 10.1. The first-order valence-electron chi connectivity index (χ1n) is 6.47. The molecule has 118 valence electrons. The Balaban J connectivity index is 0.00000400. The lowest BCUT2D eigenvalue weighted by Gasteiger charge is -2.11. The van der Waals surface area contributed by atoms with Gasteiger partial charge < -0.3 is 21.1 Å². The molecule has 1 aromatic rings. The molecule has 1 unspecified atom stereocenters. The zero-order chi connectivity index (χ0) is 15.0. The van der Waals surface area contributed by atoms with Gasteiger partial charge in [0.15, 0.2) is 0 Å². The Morgan fingerprint density at radius 2 is 2.05 bits per heavy atom. The summed E-state index contributed by atoms with van der Waals surface area (Å²) in [4.78, 5) is 23.3. The maximum Gasteiger partial charge on any atom is 0.251 e. The number of nitrogens with one attached hydrogen (secondary N) is 2. The smallest absolute Gasteiger partial charge is 0.251 e. The first kappa shape index (κ1) is 19.4. The Kier molecular flexibility index (Phi) is 9.36. The van der Waals surface area contributed by atoms with Crippen molar-refractivity contribution in [3.63, 3.8) is 0 Å². The quantitative estimate of drug-likeness (QED) is 0.681. The van der Waals surface area contributed by atoms with E-state index in [0.717, 1.165) is 5.56 Å². The fraction of sp³-hybridized carbons (Fsp3) is 0.429. The van der Waals surface area contributed by atoms with Crippen molar-refractivity contribution in [1.29, 1.82) is 0 Å². The number of ether oxygens (including phenoxy) is 1. The van der Waals surface area contributed by atoms with E-state index in [-0.39, 0.29) is 30.8 Å². The van der Waals surface area contributed by atoms with Crippen LogP contribution in [-0.2, 0) is 16.1 Å². The van der Waals surface area contributed by atoms with Crippen LogP contribution in [0.4, 0.5) is 0 Å². The molecule has 0 fully saturated rings. The Labute approximate surface area is 130 Å². The van der Waals surface area contributed by atoms with Crippen molar-refractivity contribution < 1.29 is 14.3 Å². The van der Waals surface area contributed by atoms with E-state index in [1.165, 1.54) is 7.11 Å². The van der Waals surface area contributed by atoms with Gasteiger partial charge in [-0.2, -0.15) is 0 Å². The van der Waals surface area contributed by atoms with Crippen LogP contribution in [0, 0.1) is 0 Å². The fourth-order valence-electron chi connectivity index (χ4n) is 1.66. The van der Waals surface area contributed by atoms with Gasteiger partial charge in [0.05, 0.1) is 6.61 Å². The molecule has 1 aromatic carbocycles. The fourth-order valence-corrected chi connectivity index (χ4v) is 1.66. The standard InChI is InChI=1S/C14H21N3O3.ClH/c1-3-16-13(18)11-6-4-5-10(7-11)8-17-14(19)12(15)9-20-2;/h4-7,12H,3,8-9,15H2,1-2H3,(H,16,18)(H,17,19);1H. The Morgan fingerprint density at radius 1 is 1.33 bits per heavy atom. The molecule has 0 heterocycles. The van der Waals surface area contributed by atoms with E-state index in [1.54, 1.807) is 18.2 Å². The zero-order valence-corrected chi connectivity index (χ0v) is 13.0. The second-order valence-corrected chi connectivity index (χ2v) is 4.34. The van der Waals surface area contributed by atoms with Crippen LogP contribution in [0.3, 0.4) is 0 Å². The number of carbonyl (C=O) groups excluding carboxylic acids is 2. The van der Waals surface area contributed by atoms with Gasteiger partial charge in [-0.1, -0.05) is 12.1 Å². The summed E-state index contributed by atoms with van der Waals surface area (Å²) in [7, 11) is 1.49. The molecule has 0 aromatic heterocycles. The minimum Gasteiger partial charge on any atom is -0.383 e. The summed E-state index contributed by atoms with van der Waals surface area (Å²) in [6.07, 6.45) is 0. The maximum absolute atomic E-state index is 11.7. The van der Waals surface area contributed by atoms with Crippen LogP contribution < -0.4 is 16.4 Å². The normalized spacial score (nSPS) is 11.2. The summed E-state index contributed by atoms with van der Waals surface area (Å²) in [5.74, 6) is -0.410. The van der Waals surface area contributed by atoms with Crippen molar-refractivity contribution in [2.75, 3.05) is 20.3 Å². The van der Waals surface area contributed by atoms with E-state index in [0.29, 0.717) is 18.7 Å². The number of nitrogens with two attached hydrogens (primary N) is 1. The highest BCUT2D eigenvalue weighted by Gasteiger charge is 2.12. The highest BCUT2D eigenvalue weighted by Crippen LogP contribution is 2.05. The van der Waals surface area contributed by atoms with Gasteiger partial charge in [0.1, 0.15) is 6.04 Å². The summed E-state index contributed by atoms with van der Waals surface area (Å²) in [5.41, 5.74) is 7.02. The molecule has 0 spiro atoms. The van der Waals surface area contributed by atoms with Crippen molar-refractivity contribution in [3.8, 4) is 0 Å². The predicted molar refractivity (Wildman–Crippen MR) is 83.4 cm³/mol. The summed E-state index contributed by atoms with van der Waals surface area (Å²) >= 11 is 0. The number of methoxy groups -OCH3 is 1. The largest absolute Gasteiger partial charge is 0.383 e. The minimum absolute atomic E-state index is 0. The van der Waals surface area contributed by atoms with E-state index in [9.17, 15) is 9.59 Å². The van der Waals surface area contributed by atoms with Gasteiger partial charge >= 0.3 is 0 Å². The molecular weight excluding hydrogens is 294 g/mol. The van der Waals surface area contributed by atoms with Crippen LogP contribution in [0.15, 0.2) is 24.3 Å². The molecule has 0 radical (unpaired) electrons. The van der Waals surface area contributed by atoms with Crippen LogP contribution in [0.5, 0.6) is 0 Å². The van der Waals surface area contributed by atoms with Gasteiger partial charge in [0.2, 0.25) is 5.91 Å². The summed E-state index contributed by atoms with van der Waals surface area (Å²) < 4.78 is 4.82. The molecule has 0 aliphatic rings. The number of halogens is 1. The van der Waals surface area contributed by atoms with Crippen LogP contribution in [0.1, 0.15) is 22.8 Å². The number of hydrogen-bond acceptors (Lipinski definition) is 4. The maximum atomic E-state index is 11.7. The first-order chi connectivity index (χ1) is 9.58. The molecule has 0 aliphatic heterocycles. The van der Waals surface area contributed by atoms with Crippen LogP contribution >= 0.6 is 12.4 Å². The average molecular weight is 316 g/mol. The highest BCUT2D eigenvalue weighted by molar-refractivity contribution is 5.94. The third-order valence-electron chi connectivity index (χ3n) is 2.68. The molecule has 6 nitrogen and oxygen atoms in total. The minimum atomic E-state index is -0.688. The topological polar surface area (TPSA) is 93.5 Å². The number of carbonyl (C=O) groups is 2. The van der Waals surface area contributed by atoms with Gasteiger partial charge in [-0.05, 0) is 24.6 Å². The molecular formula is C14H22ClN3O3. The van der Waals surface area contributed by atoms with E-state index < -0.39 is 6.04 Å². The van der Waals surface area contributed by atoms with Crippen molar-refractivity contribution in [3.05, 3.63) is 35.4 Å². The lowest BCUT2D eigenvalue weighted by Crippen LogP contribution is -2.43. The number of hydrogen-bond donors (Lipinski definition) is 3. The second-order valence-electron chi connectivity index (χ2n) is 4.34. The number of amides is 2. The second kappa shape index (κ2) is 10.1. The zero-order valence-electron chi connectivity index (χ0n) is 12.2. The van der Waals surface area contributed by atoms with Gasteiger partial charge in [0, 0.05) is 25.8 Å². The van der Waals surface area contributed by atoms with Crippen LogP contribution in [0.2, 0.25) is 0 Å². The molecule has 0 aliphatic carbocycles. The van der Waals surface area contributed by atoms with Crippen molar-refractivity contribution in [1.82, 2.24) is 10.6 Å². The third-order valence-corrected chi connectivity index (χ3v) is 2.68. The summed E-state index contributed by atoms with van der Waals surface area (Å²) in [6, 6.07) is 6.40. The molecule has 4 N–H and O–H groups in total. The molecule has 7 heteroatoms. The monoisotopic (exact) mass is 315 g/mol. The Hall–Kier alpha value is -1.63. The Morgan fingerprint density at radius 3 is 2.67 bits per heavy atom. The average Bonchev–Trinajstić information content (AvgIpc) is 2.45. The molecule has 0 saturated carbocycles. The van der Waals surface area contributed by atoms with Crippen molar-refractivity contribution in [2.24, 2.45) is 5.73 Å². The van der Waals surface area contributed by atoms with E-state index in [4.69, 9.17) is 10.5 Å². The Bertz CT molecular complexity index is 469. The molecule has 0 saturated heterocycles. The predicted octanol–water partition coefficient (Wildman–Crippen LogP) is 0.448. The molecule has 21 heavy (non-hydrogen) atoms. The van der Waals surface area contributed by atoms with Gasteiger partial charge in [-0.25, -0.2) is 0 Å². The van der Waals surface area contributed by atoms with E-state index >= 15 is 0 Å². The van der Waals surface area contributed by atoms with Crippen molar-refractivity contribution >= 4 is 24.2 Å². The third kappa shape index (κ3) is 6.57. The first-order valence-corrected chi connectivity index (χ1v) is 6.47. The van der Waals surface area contributed by atoms with Gasteiger partial charge in [-0.3, -0.25) is 9.59 Å². The van der Waals surface area contributed by atoms with Gasteiger partial charge in [0.25, 0.3) is 5.91 Å². The molecule has 0 bridgehead atoms. The SMILES string of the molecule is CCNC(=O)c1cccc(CNC(=O)C(N)COC)c1.Cl. The molecule has 2 amide bonds. The number of benzene rings is 1. The van der Waals surface area contributed by atoms with Gasteiger partial charge in [-0.15, -0.1) is 12.4 Å². The van der Waals surface area contributed by atoms with Crippen molar-refractivity contribution in [2.45, 2.75) is 19.5 Å². The van der Waals surface area contributed by atoms with E-state index in [2.05, 4.69) is 10.6 Å². The number of rotatable bonds is 7. The van der Waals surface area contributed by atoms with E-state index in [1.807, 2.05) is 13.0 Å². The van der Waals surface area contributed by atoms with Crippen LogP contribution in [0.25, 0.3) is 0 Å². The molecule has 1 rings (SSSR count). The summed E-state index contributed by atoms with van der Waals surface area (Å²) in [5, 5.41) is 5.43. The van der Waals surface area contributed by atoms with Crippen LogP contribution in [-0.4, -0.2) is 38.1 Å². The molecule has 1 atom stereocenters. The lowest BCUT2D eigenvalue weighted by molar-refractivity contribution is -0.123.